The van der Waals surface area contributed by atoms with Crippen LogP contribution in [0, 0.1) is 36.5 Å². The number of para-hydroxylation sites is 2. The molecule has 6 nitrogen and oxygen atoms in total. The zero-order valence-electron chi connectivity index (χ0n) is 38.9. The molecule has 0 spiro atoms. The lowest BCUT2D eigenvalue weighted by Crippen LogP contribution is -2.18. The first-order valence-electron chi connectivity index (χ1n) is 23.5. The molecule has 318 valence electrons. The summed E-state index contributed by atoms with van der Waals surface area (Å²) in [6.45, 7) is 23.3. The number of rotatable bonds is 0. The van der Waals surface area contributed by atoms with E-state index in [1.165, 1.54) is 76.7 Å². The third kappa shape index (κ3) is 3.82. The van der Waals surface area contributed by atoms with E-state index in [0.29, 0.717) is 0 Å². The molecule has 0 aliphatic heterocycles. The maximum absolute atomic E-state index is 11.1. The maximum atomic E-state index is 11.1. The number of hydrogen-bond donors (Lipinski definition) is 0. The van der Waals surface area contributed by atoms with E-state index < -0.39 is 0 Å². The van der Waals surface area contributed by atoms with E-state index >= 15 is 0 Å². The Morgan fingerprint density at radius 2 is 0.803 bits per heavy atom. The first-order valence-corrected chi connectivity index (χ1v) is 23.5. The van der Waals surface area contributed by atoms with E-state index in [1.54, 1.807) is 0 Å². The van der Waals surface area contributed by atoms with Crippen LogP contribution in [0.4, 0.5) is 0 Å². The number of fused-ring (bicyclic) bond motifs is 24. The summed E-state index contributed by atoms with van der Waals surface area (Å²) in [5.74, 6) is 0. The smallest absolute Gasteiger partial charge is 0.136 e. The first kappa shape index (κ1) is 37.0. The van der Waals surface area contributed by atoms with Crippen LogP contribution in [0.2, 0.25) is 0 Å². The van der Waals surface area contributed by atoms with Gasteiger partial charge in [-0.1, -0.05) is 91.8 Å². The number of nitrogens with zero attached hydrogens (tertiary/aromatic N) is 4. The summed E-state index contributed by atoms with van der Waals surface area (Å²) in [4.78, 5) is 0. The van der Waals surface area contributed by atoms with Gasteiger partial charge in [-0.05, 0) is 118 Å². The highest BCUT2D eigenvalue weighted by molar-refractivity contribution is 6.40. The minimum atomic E-state index is -0.180. The van der Waals surface area contributed by atoms with Crippen LogP contribution in [0.15, 0.2) is 81.6 Å². The molecule has 2 aliphatic carbocycles. The van der Waals surface area contributed by atoms with E-state index in [9.17, 15) is 10.5 Å². The van der Waals surface area contributed by atoms with Gasteiger partial charge in [-0.15, -0.1) is 0 Å². The van der Waals surface area contributed by atoms with Crippen molar-refractivity contribution in [2.45, 2.75) is 104 Å². The molecule has 0 bridgehead atoms. The topological polar surface area (TPSA) is 82.7 Å². The van der Waals surface area contributed by atoms with Gasteiger partial charge < -0.3 is 17.6 Å². The minimum Gasteiger partial charge on any atom is -0.456 e. The normalized spacial score (nSPS) is 17.6. The highest BCUT2D eigenvalue weighted by Crippen LogP contribution is 2.60. The molecular weight excluding hydrogens is 809 g/mol. The van der Waals surface area contributed by atoms with E-state index in [4.69, 9.17) is 8.83 Å². The highest BCUT2D eigenvalue weighted by Gasteiger charge is 2.48. The first-order chi connectivity index (χ1) is 31.5. The van der Waals surface area contributed by atoms with E-state index in [1.807, 2.05) is 0 Å². The summed E-state index contributed by atoms with van der Waals surface area (Å²) in [5.41, 5.74) is 18.4. The van der Waals surface area contributed by atoms with Crippen molar-refractivity contribution in [2.75, 3.05) is 0 Å². The van der Waals surface area contributed by atoms with Gasteiger partial charge in [0.1, 0.15) is 22.3 Å². The third-order valence-electron chi connectivity index (χ3n) is 17.0. The van der Waals surface area contributed by atoms with Gasteiger partial charge >= 0.3 is 0 Å². The van der Waals surface area contributed by atoms with E-state index in [2.05, 4.69) is 163 Å². The number of nitriles is 2. The molecule has 0 saturated heterocycles. The Kier molecular flexibility index (Phi) is 6.09. The second-order valence-corrected chi connectivity index (χ2v) is 22.9. The number of furan rings is 2. The molecule has 0 N–H and O–H groups in total. The summed E-state index contributed by atoms with van der Waals surface area (Å²) >= 11 is 0. The van der Waals surface area contributed by atoms with Crippen LogP contribution < -0.4 is 0 Å². The molecular formula is C60H46N4O2. The molecule has 13 aromatic rings. The Labute approximate surface area is 379 Å². The van der Waals surface area contributed by atoms with Crippen molar-refractivity contribution < 1.29 is 8.83 Å². The fourth-order valence-corrected chi connectivity index (χ4v) is 15.7. The fourth-order valence-electron chi connectivity index (χ4n) is 15.7. The second kappa shape index (κ2) is 10.9. The monoisotopic (exact) mass is 854 g/mol. The number of benzene rings is 7. The molecule has 66 heavy (non-hydrogen) atoms. The van der Waals surface area contributed by atoms with Gasteiger partial charge in [0.2, 0.25) is 0 Å². The van der Waals surface area contributed by atoms with Crippen molar-refractivity contribution in [1.82, 2.24) is 8.80 Å². The zero-order chi connectivity index (χ0) is 45.2. The van der Waals surface area contributed by atoms with Gasteiger partial charge in [0, 0.05) is 64.6 Å². The average Bonchev–Trinajstić information content (AvgIpc) is 4.13. The Hall–Kier alpha value is -7.28. The average molecular weight is 855 g/mol. The predicted octanol–water partition coefficient (Wildman–Crippen LogP) is 16.1. The predicted molar refractivity (Wildman–Crippen MR) is 271 cm³/mol. The summed E-state index contributed by atoms with van der Waals surface area (Å²) in [5, 5.41) is 36.2. The summed E-state index contributed by atoms with van der Waals surface area (Å²) in [6.07, 6.45) is 1.90. The van der Waals surface area contributed by atoms with Crippen LogP contribution in [-0.2, 0) is 21.7 Å². The number of aromatic nitrogens is 2. The minimum absolute atomic E-state index is 0.176. The van der Waals surface area contributed by atoms with Gasteiger partial charge in [-0.3, -0.25) is 0 Å². The summed E-state index contributed by atoms with van der Waals surface area (Å²) < 4.78 is 18.8. The lowest BCUT2D eigenvalue weighted by molar-refractivity contribution is 0.403. The largest absolute Gasteiger partial charge is 0.456 e. The van der Waals surface area contributed by atoms with Crippen LogP contribution >= 0.6 is 0 Å². The number of hydrogen-bond acceptors (Lipinski definition) is 4. The molecule has 6 heterocycles. The van der Waals surface area contributed by atoms with Gasteiger partial charge in [0.05, 0.1) is 56.4 Å². The second-order valence-electron chi connectivity index (χ2n) is 22.9. The van der Waals surface area contributed by atoms with Crippen LogP contribution in [0.1, 0.15) is 113 Å². The molecule has 15 rings (SSSR count). The SMILES string of the molecule is Cc1c2c3cc4oc5ccccc5c4c4c5c6c(c(C#N)cc5n(c2c(C)c2c5cc7oc8ccccc8c7c7c8c9c(c(C#N)cc8n(c12)c57)C(C)(C)CC9(C)C)c34)C(C)(C)CC6(C)C. The van der Waals surface area contributed by atoms with Crippen LogP contribution in [0.3, 0.4) is 0 Å². The third-order valence-corrected chi connectivity index (χ3v) is 17.0. The van der Waals surface area contributed by atoms with Gasteiger partial charge in [0.25, 0.3) is 0 Å². The van der Waals surface area contributed by atoms with Crippen molar-refractivity contribution in [3.05, 3.63) is 117 Å². The highest BCUT2D eigenvalue weighted by atomic mass is 16.3. The Bertz CT molecular complexity index is 4320. The molecule has 6 aromatic heterocycles. The van der Waals surface area contributed by atoms with Crippen molar-refractivity contribution in [1.29, 1.82) is 10.5 Å². The quantitative estimate of drug-likeness (QED) is 0.152. The molecule has 0 atom stereocenters. The summed E-state index contributed by atoms with van der Waals surface area (Å²) in [7, 11) is 0. The van der Waals surface area contributed by atoms with E-state index in [0.717, 1.165) is 101 Å². The molecule has 2 aliphatic rings. The fraction of sp³-hybridized carbons (Fsp3) is 0.267. The molecule has 0 fully saturated rings. The van der Waals surface area contributed by atoms with Crippen LogP contribution in [-0.4, -0.2) is 8.80 Å². The van der Waals surface area contributed by atoms with Crippen molar-refractivity contribution >= 4 is 120 Å². The maximum Gasteiger partial charge on any atom is 0.136 e. The number of aryl methyl sites for hydroxylation is 2. The van der Waals surface area contributed by atoms with E-state index in [-0.39, 0.29) is 21.7 Å². The lowest BCUT2D eigenvalue weighted by Gasteiger charge is -2.23. The van der Waals surface area contributed by atoms with Crippen LogP contribution in [0.25, 0.3) is 120 Å². The van der Waals surface area contributed by atoms with Crippen molar-refractivity contribution in [2.24, 2.45) is 0 Å². The summed E-state index contributed by atoms with van der Waals surface area (Å²) in [6, 6.07) is 31.3. The molecule has 0 amide bonds. The zero-order valence-corrected chi connectivity index (χ0v) is 38.9. The van der Waals surface area contributed by atoms with Gasteiger partial charge in [-0.2, -0.15) is 10.5 Å². The van der Waals surface area contributed by atoms with Crippen LogP contribution in [0.5, 0.6) is 0 Å². The molecule has 0 unspecified atom stereocenters. The van der Waals surface area contributed by atoms with Gasteiger partial charge in [-0.25, -0.2) is 0 Å². The Balaban J connectivity index is 1.25. The lowest BCUT2D eigenvalue weighted by atomic mass is 9.81. The molecule has 7 aromatic carbocycles. The van der Waals surface area contributed by atoms with Crippen molar-refractivity contribution in [3.63, 3.8) is 0 Å². The standard InChI is InChI=1S/C60H46N4O2/c1-27-41-33-21-39-43(31-15-11-13-17-37(31)65-39)47-46-36(20-30(24-62)50-52(46)60(9,10)26-58(50,5)6)64(55(33)47)54(41)28(2)42-34-22-40-44(32-16-12-14-18-38(32)66-40)48-45-35(63(53(27)42)56(34)48)19-29(23-61)49-51(45)59(7,8)25-57(49,3)4/h11-22H,25-26H2,1-10H3. The molecule has 6 heteroatoms. The Morgan fingerprint density at radius 3 is 1.20 bits per heavy atom. The van der Waals surface area contributed by atoms with Crippen molar-refractivity contribution in [3.8, 4) is 12.1 Å². The Morgan fingerprint density at radius 1 is 0.424 bits per heavy atom. The van der Waals surface area contributed by atoms with Gasteiger partial charge in [0.15, 0.2) is 0 Å². The molecule has 0 saturated carbocycles. The molecule has 0 radical (unpaired) electrons.